The third-order valence-electron chi connectivity index (χ3n) is 6.12. The van der Waals surface area contributed by atoms with E-state index >= 15 is 0 Å². The van der Waals surface area contributed by atoms with Crippen LogP contribution in [0.5, 0.6) is 5.88 Å². The molecule has 2 aromatic heterocycles. The summed E-state index contributed by atoms with van der Waals surface area (Å²) >= 11 is 0. The maximum absolute atomic E-state index is 11.4. The average Bonchev–Trinajstić information content (AvgIpc) is 3.31. The van der Waals surface area contributed by atoms with Gasteiger partial charge in [-0.3, -0.25) is 4.21 Å². The largest absolute Gasteiger partial charge is 0.478 e. The minimum Gasteiger partial charge on any atom is -0.478 e. The van der Waals surface area contributed by atoms with Crippen LogP contribution < -0.4 is 9.64 Å². The predicted molar refractivity (Wildman–Crippen MR) is 112 cm³/mol. The molecule has 1 unspecified atom stereocenters. The monoisotopic (exact) mass is 418 g/mol. The third-order valence-corrected chi connectivity index (χ3v) is 7.03. The van der Waals surface area contributed by atoms with Crippen LogP contribution in [0.25, 0.3) is 0 Å². The first-order valence-corrected chi connectivity index (χ1v) is 12.1. The molecular formula is C21H30N4O3S. The highest BCUT2D eigenvalue weighted by Gasteiger charge is 2.43. The van der Waals surface area contributed by atoms with E-state index in [4.69, 9.17) is 9.26 Å². The summed E-state index contributed by atoms with van der Waals surface area (Å²) in [6, 6.07) is 4.30. The fourth-order valence-corrected chi connectivity index (χ4v) is 4.69. The van der Waals surface area contributed by atoms with E-state index in [1.54, 1.807) is 18.5 Å². The van der Waals surface area contributed by atoms with Crippen molar-refractivity contribution in [2.45, 2.75) is 50.3 Å². The van der Waals surface area contributed by atoms with Gasteiger partial charge in [0.05, 0.1) is 22.3 Å². The van der Waals surface area contributed by atoms with Crippen LogP contribution in [0.4, 0.5) is 6.01 Å². The van der Waals surface area contributed by atoms with E-state index < -0.39 is 10.8 Å². The highest BCUT2D eigenvalue weighted by atomic mass is 32.2. The molecular weight excluding hydrogens is 388 g/mol. The predicted octanol–water partition coefficient (Wildman–Crippen LogP) is 3.65. The Morgan fingerprint density at radius 1 is 1.31 bits per heavy atom. The average molecular weight is 419 g/mol. The number of anilines is 1. The molecule has 1 aliphatic carbocycles. The Morgan fingerprint density at radius 3 is 2.72 bits per heavy atom. The number of piperidine rings is 1. The lowest BCUT2D eigenvalue weighted by atomic mass is 9.90. The summed E-state index contributed by atoms with van der Waals surface area (Å²) < 4.78 is 22.6. The minimum absolute atomic E-state index is 0.295. The van der Waals surface area contributed by atoms with Crippen molar-refractivity contribution >= 4 is 16.8 Å². The first kappa shape index (κ1) is 20.3. The quantitative estimate of drug-likeness (QED) is 0.647. The van der Waals surface area contributed by atoms with Crippen LogP contribution in [0.2, 0.25) is 0 Å². The molecule has 1 saturated heterocycles. The summed E-state index contributed by atoms with van der Waals surface area (Å²) in [5.41, 5.74) is 0. The number of rotatable bonds is 8. The molecule has 3 heterocycles. The zero-order valence-electron chi connectivity index (χ0n) is 17.4. The van der Waals surface area contributed by atoms with Gasteiger partial charge in [-0.05, 0) is 49.5 Å². The summed E-state index contributed by atoms with van der Waals surface area (Å²) in [5.74, 6) is 4.09. The van der Waals surface area contributed by atoms with Crippen molar-refractivity contribution in [3.63, 3.8) is 0 Å². The number of hydrogen-bond acceptors (Lipinski definition) is 7. The summed E-state index contributed by atoms with van der Waals surface area (Å²) in [6.07, 6.45) is 8.06. The van der Waals surface area contributed by atoms with E-state index in [2.05, 4.69) is 33.9 Å². The van der Waals surface area contributed by atoms with Crippen molar-refractivity contribution < 1.29 is 13.5 Å². The van der Waals surface area contributed by atoms with E-state index in [-0.39, 0.29) is 0 Å². The summed E-state index contributed by atoms with van der Waals surface area (Å²) in [7, 11) is -0.999. The van der Waals surface area contributed by atoms with Gasteiger partial charge in [-0.2, -0.15) is 4.98 Å². The fraction of sp³-hybridized carbons (Fsp3) is 0.667. The van der Waals surface area contributed by atoms with Gasteiger partial charge in [0, 0.05) is 37.5 Å². The van der Waals surface area contributed by atoms with Crippen LogP contribution in [-0.2, 0) is 10.8 Å². The molecule has 158 valence electrons. The molecule has 1 saturated carbocycles. The lowest BCUT2D eigenvalue weighted by Crippen LogP contribution is -2.34. The number of nitrogens with zero attached hydrogens (tertiary/aromatic N) is 4. The van der Waals surface area contributed by atoms with E-state index in [1.165, 1.54) is 19.3 Å². The van der Waals surface area contributed by atoms with Gasteiger partial charge in [-0.25, -0.2) is 4.98 Å². The van der Waals surface area contributed by atoms with Crippen LogP contribution in [0.15, 0.2) is 27.7 Å². The smallest absolute Gasteiger partial charge is 0.324 e. The van der Waals surface area contributed by atoms with Crippen LogP contribution in [0, 0.1) is 17.8 Å². The summed E-state index contributed by atoms with van der Waals surface area (Å²) in [4.78, 5) is 11.7. The second kappa shape index (κ2) is 8.81. The molecule has 1 aliphatic heterocycles. The first-order valence-electron chi connectivity index (χ1n) is 10.5. The van der Waals surface area contributed by atoms with Crippen LogP contribution in [-0.4, -0.2) is 45.3 Å². The molecule has 7 nitrogen and oxygen atoms in total. The van der Waals surface area contributed by atoms with Gasteiger partial charge >= 0.3 is 6.01 Å². The van der Waals surface area contributed by atoms with Gasteiger partial charge in [0.25, 0.3) is 0 Å². The molecule has 0 spiro atoms. The Bertz CT molecular complexity index is 831. The van der Waals surface area contributed by atoms with Gasteiger partial charge < -0.3 is 14.2 Å². The van der Waals surface area contributed by atoms with Gasteiger partial charge in [-0.1, -0.05) is 19.0 Å². The maximum Gasteiger partial charge on any atom is 0.324 e. The second-order valence-corrected chi connectivity index (χ2v) is 9.88. The number of hydrogen-bond donors (Lipinski definition) is 0. The van der Waals surface area contributed by atoms with Crippen molar-refractivity contribution in [2.75, 3.05) is 30.9 Å². The van der Waals surface area contributed by atoms with Crippen LogP contribution in [0.3, 0.4) is 0 Å². The van der Waals surface area contributed by atoms with Gasteiger partial charge in [-0.15, -0.1) is 0 Å². The van der Waals surface area contributed by atoms with E-state index in [0.717, 1.165) is 48.0 Å². The SMILES string of the molecule is CC(C)c1noc(N2CCC([C@H]3C[C@H]3CCOc3ccc(S(C)=O)cn3)CC2)n1. The summed E-state index contributed by atoms with van der Waals surface area (Å²) in [5, 5.41) is 4.08. The molecule has 0 bridgehead atoms. The van der Waals surface area contributed by atoms with Gasteiger partial charge in [0.2, 0.25) is 5.88 Å². The molecule has 2 aromatic rings. The zero-order chi connectivity index (χ0) is 20.4. The summed E-state index contributed by atoms with van der Waals surface area (Å²) in [6.45, 7) is 6.85. The Hall–Kier alpha value is -1.96. The molecule has 29 heavy (non-hydrogen) atoms. The lowest BCUT2D eigenvalue weighted by molar-refractivity contribution is 0.274. The van der Waals surface area contributed by atoms with Crippen molar-refractivity contribution in [1.29, 1.82) is 0 Å². The van der Waals surface area contributed by atoms with Crippen molar-refractivity contribution in [3.8, 4) is 5.88 Å². The lowest BCUT2D eigenvalue weighted by Gasteiger charge is -2.30. The molecule has 0 N–H and O–H groups in total. The molecule has 2 fully saturated rings. The normalized spacial score (nSPS) is 23.4. The second-order valence-electron chi connectivity index (χ2n) is 8.50. The van der Waals surface area contributed by atoms with E-state index in [9.17, 15) is 4.21 Å². The Labute approximate surface area is 174 Å². The Morgan fingerprint density at radius 2 is 2.10 bits per heavy atom. The van der Waals surface area contributed by atoms with Crippen molar-refractivity contribution in [1.82, 2.24) is 15.1 Å². The number of ether oxygens (including phenoxy) is 1. The maximum atomic E-state index is 11.4. The minimum atomic E-state index is -0.999. The molecule has 8 heteroatoms. The topological polar surface area (TPSA) is 81.4 Å². The van der Waals surface area contributed by atoms with Crippen molar-refractivity contribution in [3.05, 3.63) is 24.2 Å². The van der Waals surface area contributed by atoms with Crippen molar-refractivity contribution in [2.24, 2.45) is 17.8 Å². The Balaban J connectivity index is 1.17. The highest BCUT2D eigenvalue weighted by molar-refractivity contribution is 7.84. The molecule has 3 atom stereocenters. The molecule has 2 aliphatic rings. The number of aromatic nitrogens is 3. The standard InChI is InChI=1S/C21H30N4O3S/c1-14(2)20-23-21(28-24-20)25-9-6-15(7-10-25)18-12-16(18)8-11-27-19-5-4-17(13-22-19)29(3)26/h4-5,13-16,18H,6-12H2,1-3H3/t16-,18-,29?/m1/s1. The van der Waals surface area contributed by atoms with Crippen LogP contribution in [0.1, 0.15) is 51.3 Å². The fourth-order valence-electron chi connectivity index (χ4n) is 4.23. The Kier molecular flexibility index (Phi) is 6.18. The molecule has 0 aromatic carbocycles. The van der Waals surface area contributed by atoms with Gasteiger partial charge in [0.1, 0.15) is 0 Å². The molecule has 0 radical (unpaired) electrons. The number of pyridine rings is 1. The molecule has 0 amide bonds. The van der Waals surface area contributed by atoms with E-state index in [0.29, 0.717) is 24.4 Å². The molecule has 4 rings (SSSR count). The first-order chi connectivity index (χ1) is 14.0. The van der Waals surface area contributed by atoms with Gasteiger partial charge in [0.15, 0.2) is 5.82 Å². The van der Waals surface area contributed by atoms with Crippen LogP contribution >= 0.6 is 0 Å². The zero-order valence-corrected chi connectivity index (χ0v) is 18.2. The van der Waals surface area contributed by atoms with E-state index in [1.807, 2.05) is 6.07 Å². The third kappa shape index (κ3) is 4.97. The highest BCUT2D eigenvalue weighted by Crippen LogP contribution is 2.49.